The number of aryl methyl sites for hydroxylation is 1. The van der Waals surface area contributed by atoms with Crippen molar-refractivity contribution in [1.29, 1.82) is 0 Å². The summed E-state index contributed by atoms with van der Waals surface area (Å²) in [5.74, 6) is 0. The lowest BCUT2D eigenvalue weighted by Gasteiger charge is -2.28. The maximum absolute atomic E-state index is 5.99. The minimum atomic E-state index is -0.168. The monoisotopic (exact) mass is 211 g/mol. The summed E-state index contributed by atoms with van der Waals surface area (Å²) in [6.07, 6.45) is 1.94. The third-order valence-corrected chi connectivity index (χ3v) is 2.11. The third-order valence-electron chi connectivity index (χ3n) is 2.11. The first-order valence-electron chi connectivity index (χ1n) is 5.27. The van der Waals surface area contributed by atoms with Crippen LogP contribution in [0.1, 0.15) is 26.5 Å². The second-order valence-corrected chi connectivity index (χ2v) is 4.68. The normalized spacial score (nSPS) is 12.4. The lowest BCUT2D eigenvalue weighted by Crippen LogP contribution is -2.45. The Morgan fingerprint density at radius 3 is 2.60 bits per heavy atom. The van der Waals surface area contributed by atoms with Gasteiger partial charge in [-0.3, -0.25) is 9.58 Å². The Bertz CT molecular complexity index is 299. The Hall–Kier alpha value is -0.940. The number of nitrogens with zero attached hydrogens (tertiary/aromatic N) is 4. The van der Waals surface area contributed by atoms with Crippen LogP contribution in [0.15, 0.2) is 6.20 Å². The molecule has 1 aromatic heterocycles. The summed E-state index contributed by atoms with van der Waals surface area (Å²) in [5, 5.41) is 7.97. The molecule has 1 aromatic rings. The van der Waals surface area contributed by atoms with Gasteiger partial charge in [0.05, 0.1) is 5.69 Å². The summed E-state index contributed by atoms with van der Waals surface area (Å²) in [7, 11) is 1.87. The Kier molecular flexibility index (Phi) is 3.82. The van der Waals surface area contributed by atoms with Gasteiger partial charge in [0.2, 0.25) is 0 Å². The highest BCUT2D eigenvalue weighted by atomic mass is 15.4. The molecule has 0 unspecified atom stereocenters. The van der Waals surface area contributed by atoms with Gasteiger partial charge in [-0.15, -0.1) is 5.10 Å². The molecule has 0 aliphatic carbocycles. The number of aromatic nitrogens is 3. The van der Waals surface area contributed by atoms with Crippen molar-refractivity contribution in [1.82, 2.24) is 19.9 Å². The standard InChI is InChI=1S/C10H21N5/c1-5-15(8-10(2,3)11)7-9-6-14(4)13-12-9/h6H,5,7-8,11H2,1-4H3. The van der Waals surface area contributed by atoms with E-state index >= 15 is 0 Å². The van der Waals surface area contributed by atoms with Crippen molar-refractivity contribution in [3.05, 3.63) is 11.9 Å². The molecule has 0 fully saturated rings. The molecule has 0 aliphatic heterocycles. The molecule has 0 aromatic carbocycles. The van der Waals surface area contributed by atoms with Crippen LogP contribution >= 0.6 is 0 Å². The first-order chi connectivity index (χ1) is 6.90. The molecule has 0 spiro atoms. The van der Waals surface area contributed by atoms with Gasteiger partial charge >= 0.3 is 0 Å². The Balaban J connectivity index is 2.54. The second kappa shape index (κ2) is 4.72. The van der Waals surface area contributed by atoms with E-state index in [4.69, 9.17) is 5.73 Å². The molecule has 5 nitrogen and oxygen atoms in total. The van der Waals surface area contributed by atoms with E-state index in [2.05, 4.69) is 22.1 Å². The molecule has 5 heteroatoms. The van der Waals surface area contributed by atoms with Crippen molar-refractivity contribution in [2.75, 3.05) is 13.1 Å². The molecule has 1 heterocycles. The number of rotatable bonds is 5. The summed E-state index contributed by atoms with van der Waals surface area (Å²) >= 11 is 0. The lowest BCUT2D eigenvalue weighted by molar-refractivity contribution is 0.226. The maximum atomic E-state index is 5.99. The van der Waals surface area contributed by atoms with E-state index in [1.54, 1.807) is 4.68 Å². The molecule has 2 N–H and O–H groups in total. The zero-order chi connectivity index (χ0) is 11.5. The van der Waals surface area contributed by atoms with Crippen LogP contribution < -0.4 is 5.73 Å². The van der Waals surface area contributed by atoms with Crippen molar-refractivity contribution < 1.29 is 0 Å². The van der Waals surface area contributed by atoms with Gasteiger partial charge in [-0.1, -0.05) is 12.1 Å². The summed E-state index contributed by atoms with van der Waals surface area (Å²) in [4.78, 5) is 2.27. The van der Waals surface area contributed by atoms with Gasteiger partial charge < -0.3 is 5.73 Å². The molecule has 0 saturated heterocycles. The highest BCUT2D eigenvalue weighted by Gasteiger charge is 2.16. The van der Waals surface area contributed by atoms with Gasteiger partial charge in [-0.05, 0) is 20.4 Å². The predicted molar refractivity (Wildman–Crippen MR) is 60.2 cm³/mol. The predicted octanol–water partition coefficient (Wildman–Crippen LogP) is 0.374. The molecule has 0 aliphatic rings. The first kappa shape index (κ1) is 12.1. The zero-order valence-corrected chi connectivity index (χ0v) is 10.1. The molecule has 86 valence electrons. The van der Waals surface area contributed by atoms with E-state index in [0.717, 1.165) is 25.3 Å². The van der Waals surface area contributed by atoms with Crippen LogP contribution in [0.2, 0.25) is 0 Å². The highest BCUT2D eigenvalue weighted by molar-refractivity contribution is 4.92. The van der Waals surface area contributed by atoms with E-state index in [1.807, 2.05) is 27.1 Å². The molecular weight excluding hydrogens is 190 g/mol. The minimum Gasteiger partial charge on any atom is -0.324 e. The Morgan fingerprint density at radius 1 is 1.53 bits per heavy atom. The van der Waals surface area contributed by atoms with E-state index in [9.17, 15) is 0 Å². The number of nitrogens with two attached hydrogens (primary N) is 1. The average molecular weight is 211 g/mol. The van der Waals surface area contributed by atoms with Crippen molar-refractivity contribution in [2.24, 2.45) is 12.8 Å². The van der Waals surface area contributed by atoms with E-state index < -0.39 is 0 Å². The molecule has 0 bridgehead atoms. The molecule has 15 heavy (non-hydrogen) atoms. The fraction of sp³-hybridized carbons (Fsp3) is 0.800. The van der Waals surface area contributed by atoms with Crippen LogP contribution in [0.4, 0.5) is 0 Å². The highest BCUT2D eigenvalue weighted by Crippen LogP contribution is 2.05. The fourth-order valence-corrected chi connectivity index (χ4v) is 1.55. The van der Waals surface area contributed by atoms with Gasteiger partial charge in [0.15, 0.2) is 0 Å². The quantitative estimate of drug-likeness (QED) is 0.764. The Labute approximate surface area is 91.2 Å². The SMILES string of the molecule is CCN(Cc1cn(C)nn1)CC(C)(C)N. The molecule has 0 atom stereocenters. The second-order valence-electron chi connectivity index (χ2n) is 4.68. The van der Waals surface area contributed by atoms with Crippen molar-refractivity contribution >= 4 is 0 Å². The van der Waals surface area contributed by atoms with E-state index in [-0.39, 0.29) is 5.54 Å². The van der Waals surface area contributed by atoms with Crippen LogP contribution in [-0.4, -0.2) is 38.5 Å². The van der Waals surface area contributed by atoms with E-state index in [0.29, 0.717) is 0 Å². The van der Waals surface area contributed by atoms with Crippen LogP contribution in [0.5, 0.6) is 0 Å². The minimum absolute atomic E-state index is 0.168. The van der Waals surface area contributed by atoms with Crippen LogP contribution in [0.3, 0.4) is 0 Å². The van der Waals surface area contributed by atoms with Gasteiger partial charge in [0.1, 0.15) is 0 Å². The van der Waals surface area contributed by atoms with Crippen LogP contribution in [0.25, 0.3) is 0 Å². The summed E-state index contributed by atoms with van der Waals surface area (Å²) in [6, 6.07) is 0. The molecule has 1 rings (SSSR count). The van der Waals surface area contributed by atoms with Crippen molar-refractivity contribution in [3.63, 3.8) is 0 Å². The van der Waals surface area contributed by atoms with E-state index in [1.165, 1.54) is 0 Å². The van der Waals surface area contributed by atoms with Crippen molar-refractivity contribution in [2.45, 2.75) is 32.9 Å². The maximum Gasteiger partial charge on any atom is 0.0967 e. The topological polar surface area (TPSA) is 60.0 Å². The first-order valence-corrected chi connectivity index (χ1v) is 5.27. The van der Waals surface area contributed by atoms with Gasteiger partial charge in [0.25, 0.3) is 0 Å². The number of hydrogen-bond donors (Lipinski definition) is 1. The van der Waals surface area contributed by atoms with Gasteiger partial charge in [-0.2, -0.15) is 0 Å². The average Bonchev–Trinajstić information content (AvgIpc) is 2.47. The Morgan fingerprint density at radius 2 is 2.20 bits per heavy atom. The van der Waals surface area contributed by atoms with Crippen LogP contribution in [0, 0.1) is 0 Å². The summed E-state index contributed by atoms with van der Waals surface area (Å²) in [5.41, 5.74) is 6.81. The fourth-order valence-electron chi connectivity index (χ4n) is 1.55. The lowest BCUT2D eigenvalue weighted by atomic mass is 10.1. The summed E-state index contributed by atoms with van der Waals surface area (Å²) in [6.45, 7) is 8.84. The number of hydrogen-bond acceptors (Lipinski definition) is 4. The van der Waals surface area contributed by atoms with Gasteiger partial charge in [-0.25, -0.2) is 0 Å². The van der Waals surface area contributed by atoms with Crippen molar-refractivity contribution in [3.8, 4) is 0 Å². The third kappa shape index (κ3) is 4.40. The number of likely N-dealkylation sites (N-methyl/N-ethyl adjacent to an activating group) is 1. The van der Waals surface area contributed by atoms with Gasteiger partial charge in [0, 0.05) is 31.9 Å². The van der Waals surface area contributed by atoms with Crippen LogP contribution in [-0.2, 0) is 13.6 Å². The largest absolute Gasteiger partial charge is 0.324 e. The molecule has 0 amide bonds. The molecule has 0 saturated carbocycles. The smallest absolute Gasteiger partial charge is 0.0967 e. The molecular formula is C10H21N5. The zero-order valence-electron chi connectivity index (χ0n) is 10.1. The molecule has 0 radical (unpaired) electrons. The summed E-state index contributed by atoms with van der Waals surface area (Å²) < 4.78 is 1.72.